The van der Waals surface area contributed by atoms with Crippen molar-refractivity contribution in [2.75, 3.05) is 14.2 Å². The molecule has 2 saturated heterocycles. The molecule has 0 bridgehead atoms. The smallest absolute Gasteiger partial charge is 0.407 e. The maximum atomic E-state index is 14.1. The minimum absolute atomic E-state index is 0.0937. The van der Waals surface area contributed by atoms with E-state index in [1.807, 2.05) is 49.6 Å². The molecule has 0 spiro atoms. The first-order valence-electron chi connectivity index (χ1n) is 26.1. The fourth-order valence-electron chi connectivity index (χ4n) is 12.6. The number of likely N-dealkylation sites (tertiary alicyclic amines) is 2. The summed E-state index contributed by atoms with van der Waals surface area (Å²) in [7, 11) is 2.63. The van der Waals surface area contributed by atoms with Crippen molar-refractivity contribution in [3.63, 3.8) is 0 Å². The lowest BCUT2D eigenvalue weighted by molar-refractivity contribution is -0.137. The lowest BCUT2D eigenvalue weighted by Crippen LogP contribution is -2.52. The van der Waals surface area contributed by atoms with Crippen molar-refractivity contribution in [3.05, 3.63) is 121 Å². The van der Waals surface area contributed by atoms with Gasteiger partial charge in [-0.05, 0) is 152 Å². The van der Waals surface area contributed by atoms with Crippen LogP contribution in [0.2, 0.25) is 0 Å². The van der Waals surface area contributed by atoms with Crippen LogP contribution in [0.15, 0.2) is 109 Å². The van der Waals surface area contributed by atoms with Gasteiger partial charge in [0.05, 0.1) is 48.4 Å². The van der Waals surface area contributed by atoms with E-state index >= 15 is 0 Å². The molecular formula is C60H62N8O6. The number of aromatic amines is 2. The molecule has 2 aliphatic heterocycles. The molecule has 5 unspecified atom stereocenters. The number of benzene rings is 6. The van der Waals surface area contributed by atoms with Crippen LogP contribution in [0.5, 0.6) is 0 Å². The standard InChI is InChI=1S/C60H62N8O6/c1-29(2)51(65-59(71)73-7)57(69)67-49(27-43-31(5)53(43)67)55-61-45-19-17-41(25-47(45)63-55)39-15-13-35-21-33(9-11-37(35)23-39)34-10-12-38-24-40(16-14-36(38)22-34)42-18-20-46-48(26-42)64-56(62-46)50-28-44-32(6)54(44)68(50)58(70)52(30(3)4)66-60(72)74-8/h9-26,29-32,43-44,49-54H,27-28H2,1-8H3,(H,61,63)(H,62,64)(H,65,71)(H,66,72)/t31-,32?,43?,44?,49+,50+,51+,52+,53?,54?/m1/s1. The zero-order chi connectivity index (χ0) is 51.4. The lowest BCUT2D eigenvalue weighted by Gasteiger charge is -2.32. The van der Waals surface area contributed by atoms with Crippen LogP contribution in [-0.4, -0.2) is 92.1 Å². The van der Waals surface area contributed by atoms with Gasteiger partial charge >= 0.3 is 12.2 Å². The van der Waals surface area contributed by atoms with Crippen molar-refractivity contribution in [3.8, 4) is 33.4 Å². The second kappa shape index (κ2) is 18.0. The molecule has 4 fully saturated rings. The summed E-state index contributed by atoms with van der Waals surface area (Å²) >= 11 is 0. The van der Waals surface area contributed by atoms with E-state index in [0.29, 0.717) is 23.7 Å². The average Bonchev–Trinajstić information content (AvgIpc) is 3.85. The summed E-state index contributed by atoms with van der Waals surface area (Å²) in [6, 6.07) is 37.5. The summed E-state index contributed by atoms with van der Waals surface area (Å²) in [4.78, 5) is 73.8. The zero-order valence-corrected chi connectivity index (χ0v) is 43.0. The van der Waals surface area contributed by atoms with Crippen molar-refractivity contribution in [2.24, 2.45) is 35.5 Å². The van der Waals surface area contributed by atoms with Gasteiger partial charge < -0.3 is 39.9 Å². The Balaban J connectivity index is 0.750. The molecule has 4 amide bonds. The van der Waals surface area contributed by atoms with E-state index in [2.05, 4.69) is 132 Å². The molecule has 74 heavy (non-hydrogen) atoms. The van der Waals surface area contributed by atoms with Crippen molar-refractivity contribution in [1.82, 2.24) is 40.4 Å². The Kier molecular flexibility index (Phi) is 11.5. The summed E-state index contributed by atoms with van der Waals surface area (Å²) in [6.07, 6.45) is 0.450. The van der Waals surface area contributed by atoms with Gasteiger partial charge in [0.25, 0.3) is 0 Å². The van der Waals surface area contributed by atoms with Crippen LogP contribution in [0.1, 0.15) is 78.1 Å². The maximum absolute atomic E-state index is 14.1. The highest BCUT2D eigenvalue weighted by Crippen LogP contribution is 2.59. The fraction of sp³-hybridized carbons (Fsp3) is 0.367. The van der Waals surface area contributed by atoms with E-state index in [-0.39, 0.29) is 47.8 Å². The number of piperidine rings is 2. The number of ether oxygens (including phenoxy) is 2. The number of hydrogen-bond acceptors (Lipinski definition) is 8. The summed E-state index contributed by atoms with van der Waals surface area (Å²) in [5.74, 6) is 2.79. The monoisotopic (exact) mass is 990 g/mol. The molecule has 14 nitrogen and oxygen atoms in total. The van der Waals surface area contributed by atoms with Crippen LogP contribution in [0.25, 0.3) is 77.0 Å². The zero-order valence-electron chi connectivity index (χ0n) is 43.0. The number of fused-ring (bicyclic) bond motifs is 6. The van der Waals surface area contributed by atoms with Gasteiger partial charge in [0.2, 0.25) is 11.8 Å². The number of nitrogens with zero attached hydrogens (tertiary/aromatic N) is 4. The Morgan fingerprint density at radius 2 is 0.838 bits per heavy atom. The number of aromatic nitrogens is 4. The number of imidazole rings is 2. The largest absolute Gasteiger partial charge is 0.453 e. The van der Waals surface area contributed by atoms with E-state index in [1.165, 1.54) is 14.2 Å². The van der Waals surface area contributed by atoms with Crippen LogP contribution in [-0.2, 0) is 19.1 Å². The molecule has 4 N–H and O–H groups in total. The average molecular weight is 991 g/mol. The molecule has 2 saturated carbocycles. The Morgan fingerprint density at radius 3 is 1.16 bits per heavy atom. The Morgan fingerprint density at radius 1 is 0.514 bits per heavy atom. The molecule has 2 aromatic heterocycles. The summed E-state index contributed by atoms with van der Waals surface area (Å²) in [5.41, 5.74) is 10.2. The maximum Gasteiger partial charge on any atom is 0.407 e. The molecule has 4 heterocycles. The molecule has 8 aromatic rings. The molecular weight excluding hydrogens is 929 g/mol. The van der Waals surface area contributed by atoms with Crippen LogP contribution < -0.4 is 10.6 Å². The number of rotatable bonds is 11. The minimum atomic E-state index is -0.692. The number of nitrogens with one attached hydrogen (secondary N) is 4. The first-order valence-corrected chi connectivity index (χ1v) is 26.1. The van der Waals surface area contributed by atoms with Gasteiger partial charge in [-0.1, -0.05) is 102 Å². The molecule has 0 radical (unpaired) electrons. The molecule has 2 aliphatic carbocycles. The van der Waals surface area contributed by atoms with Gasteiger partial charge in [0, 0.05) is 12.1 Å². The first kappa shape index (κ1) is 47.3. The second-order valence-corrected chi connectivity index (χ2v) is 22.0. The van der Waals surface area contributed by atoms with Crippen LogP contribution in [0, 0.1) is 35.5 Å². The summed E-state index contributed by atoms with van der Waals surface area (Å²) in [5, 5.41) is 10.1. The third-order valence-electron chi connectivity index (χ3n) is 16.9. The summed E-state index contributed by atoms with van der Waals surface area (Å²) < 4.78 is 9.72. The van der Waals surface area contributed by atoms with Crippen LogP contribution in [0.3, 0.4) is 0 Å². The van der Waals surface area contributed by atoms with Crippen molar-refractivity contribution in [1.29, 1.82) is 0 Å². The number of carbonyl (C=O) groups is 4. The normalized spacial score (nSPS) is 23.6. The Labute approximate surface area is 429 Å². The SMILES string of the molecule is COC(=O)N[C@H](C(=O)N1C2C(C)C2C[C@H]1c1nc2ccc(-c3ccc4cc(-c5ccc6cc(-c7ccc8nc([C@@H]9CC%10C([C@@H]%10C)N9C(=O)[C@@H](NC(=O)OC)C(C)C)[nH]c8c7)ccc6c5)ccc4c3)cc2[nH]1)C(C)C. The van der Waals surface area contributed by atoms with E-state index in [0.717, 1.165) is 101 Å². The third-order valence-corrected chi connectivity index (χ3v) is 16.9. The van der Waals surface area contributed by atoms with Gasteiger partial charge in [0.15, 0.2) is 0 Å². The van der Waals surface area contributed by atoms with Gasteiger partial charge in [-0.2, -0.15) is 0 Å². The van der Waals surface area contributed by atoms with Crippen LogP contribution in [0.4, 0.5) is 9.59 Å². The van der Waals surface area contributed by atoms with E-state index in [9.17, 15) is 19.2 Å². The van der Waals surface area contributed by atoms with Crippen molar-refractivity contribution in [2.45, 2.75) is 90.6 Å². The van der Waals surface area contributed by atoms with Gasteiger partial charge in [-0.15, -0.1) is 0 Å². The van der Waals surface area contributed by atoms with Gasteiger partial charge in [0.1, 0.15) is 23.7 Å². The molecule has 4 aliphatic rings. The Bertz CT molecular complexity index is 3350. The van der Waals surface area contributed by atoms with E-state index < -0.39 is 24.3 Å². The van der Waals surface area contributed by atoms with E-state index in [1.54, 1.807) is 0 Å². The highest BCUT2D eigenvalue weighted by Gasteiger charge is 2.63. The molecule has 378 valence electrons. The van der Waals surface area contributed by atoms with Gasteiger partial charge in [-0.3, -0.25) is 9.59 Å². The molecule has 12 rings (SSSR count). The number of amides is 4. The second-order valence-electron chi connectivity index (χ2n) is 22.0. The fourth-order valence-corrected chi connectivity index (χ4v) is 12.6. The van der Waals surface area contributed by atoms with Crippen LogP contribution >= 0.6 is 0 Å². The highest BCUT2D eigenvalue weighted by molar-refractivity contribution is 5.96. The predicted molar refractivity (Wildman–Crippen MR) is 287 cm³/mol. The number of H-pyrrole nitrogens is 2. The molecule has 14 heteroatoms. The number of methoxy groups -OCH3 is 2. The number of hydrogen-bond donors (Lipinski definition) is 4. The quantitative estimate of drug-likeness (QED) is 0.0990. The Hall–Kier alpha value is -7.74. The topological polar surface area (TPSA) is 175 Å². The predicted octanol–water partition coefficient (Wildman–Crippen LogP) is 11.3. The van der Waals surface area contributed by atoms with E-state index in [4.69, 9.17) is 19.4 Å². The number of alkyl carbamates (subject to hydrolysis) is 2. The highest BCUT2D eigenvalue weighted by atomic mass is 16.5. The molecule has 10 atom stereocenters. The lowest BCUT2D eigenvalue weighted by atomic mass is 9.95. The van der Waals surface area contributed by atoms with Crippen molar-refractivity contribution >= 4 is 67.6 Å². The third kappa shape index (κ3) is 8.09. The molecule has 6 aromatic carbocycles. The number of carbonyl (C=O) groups excluding carboxylic acids is 4. The van der Waals surface area contributed by atoms with Crippen molar-refractivity contribution < 1.29 is 28.7 Å². The summed E-state index contributed by atoms with van der Waals surface area (Å²) in [6.45, 7) is 12.1. The first-order chi connectivity index (χ1) is 35.7. The van der Waals surface area contributed by atoms with Gasteiger partial charge in [-0.25, -0.2) is 19.6 Å². The minimum Gasteiger partial charge on any atom is -0.453 e.